The first-order chi connectivity index (χ1) is 9.53. The van der Waals surface area contributed by atoms with Gasteiger partial charge in [0, 0.05) is 13.1 Å². The number of benzene rings is 1. The first-order valence-corrected chi connectivity index (χ1v) is 6.52. The van der Waals surface area contributed by atoms with Crippen molar-refractivity contribution in [3.8, 4) is 0 Å². The van der Waals surface area contributed by atoms with Crippen molar-refractivity contribution in [2.45, 2.75) is 13.8 Å². The van der Waals surface area contributed by atoms with Crippen LogP contribution in [0.15, 0.2) is 18.2 Å². The number of anilines is 2. The zero-order valence-corrected chi connectivity index (χ0v) is 12.1. The zero-order chi connectivity index (χ0) is 15.1. The molecule has 0 aliphatic carbocycles. The lowest BCUT2D eigenvalue weighted by atomic mass is 10.1. The number of rotatable bonds is 6. The van der Waals surface area contributed by atoms with Gasteiger partial charge in [0.25, 0.3) is 0 Å². The molecule has 0 atom stereocenters. The Labute approximate surface area is 118 Å². The lowest BCUT2D eigenvalue weighted by molar-refractivity contribution is -0.128. The maximum atomic E-state index is 11.9. The van der Waals surface area contributed by atoms with E-state index in [2.05, 4.69) is 10.1 Å². The van der Waals surface area contributed by atoms with Gasteiger partial charge in [0.1, 0.15) is 0 Å². The van der Waals surface area contributed by atoms with Gasteiger partial charge in [0.05, 0.1) is 30.6 Å². The molecule has 1 aromatic carbocycles. The molecule has 110 valence electrons. The summed E-state index contributed by atoms with van der Waals surface area (Å²) < 4.78 is 4.65. The van der Waals surface area contributed by atoms with Crippen LogP contribution >= 0.6 is 0 Å². The molecule has 6 heteroatoms. The standard InChI is InChI=1S/C14H21N3O3/c1-4-17(5-2)13(18)9-16-12-8-10(14(19)20-3)6-7-11(12)15/h6-8,16H,4-5,9,15H2,1-3H3. The Bertz CT molecular complexity index is 485. The first kappa shape index (κ1) is 15.8. The summed E-state index contributed by atoms with van der Waals surface area (Å²) in [5.74, 6) is -0.457. The van der Waals surface area contributed by atoms with E-state index in [1.165, 1.54) is 7.11 Å². The van der Waals surface area contributed by atoms with Gasteiger partial charge in [-0.3, -0.25) is 4.79 Å². The lowest BCUT2D eigenvalue weighted by Gasteiger charge is -2.19. The van der Waals surface area contributed by atoms with E-state index in [-0.39, 0.29) is 12.5 Å². The minimum absolute atomic E-state index is 0.0159. The number of esters is 1. The number of hydrogen-bond donors (Lipinski definition) is 2. The Morgan fingerprint density at radius 3 is 2.50 bits per heavy atom. The van der Waals surface area contributed by atoms with Gasteiger partial charge in [-0.25, -0.2) is 4.79 Å². The second-order valence-corrected chi connectivity index (χ2v) is 4.21. The van der Waals surface area contributed by atoms with Crippen LogP contribution in [0.25, 0.3) is 0 Å². The number of ether oxygens (including phenoxy) is 1. The molecule has 0 aliphatic rings. The predicted octanol–water partition coefficient (Wildman–Crippen LogP) is 1.34. The molecule has 3 N–H and O–H groups in total. The Kier molecular flexibility index (Phi) is 5.83. The number of nitrogens with zero attached hydrogens (tertiary/aromatic N) is 1. The number of nitrogen functional groups attached to an aromatic ring is 1. The van der Waals surface area contributed by atoms with E-state index in [0.29, 0.717) is 30.0 Å². The van der Waals surface area contributed by atoms with E-state index >= 15 is 0 Å². The summed E-state index contributed by atoms with van der Waals surface area (Å²) in [5.41, 5.74) is 7.23. The van der Waals surface area contributed by atoms with E-state index in [1.54, 1.807) is 23.1 Å². The van der Waals surface area contributed by atoms with Crippen molar-refractivity contribution in [3.05, 3.63) is 23.8 Å². The van der Waals surface area contributed by atoms with Crippen LogP contribution in [0.5, 0.6) is 0 Å². The van der Waals surface area contributed by atoms with Crippen LogP contribution in [0.4, 0.5) is 11.4 Å². The molecule has 0 saturated heterocycles. The third-order valence-corrected chi connectivity index (χ3v) is 3.02. The molecule has 0 bridgehead atoms. The molecular weight excluding hydrogens is 258 g/mol. The van der Waals surface area contributed by atoms with Crippen LogP contribution in [-0.4, -0.2) is 43.5 Å². The molecule has 0 saturated carbocycles. The summed E-state index contributed by atoms with van der Waals surface area (Å²) in [7, 11) is 1.32. The van der Waals surface area contributed by atoms with E-state index < -0.39 is 5.97 Å². The number of carbonyl (C=O) groups is 2. The second kappa shape index (κ2) is 7.37. The number of nitrogens with two attached hydrogens (primary N) is 1. The SMILES string of the molecule is CCN(CC)C(=O)CNc1cc(C(=O)OC)ccc1N. The molecule has 0 unspecified atom stereocenters. The highest BCUT2D eigenvalue weighted by Gasteiger charge is 2.12. The van der Waals surface area contributed by atoms with Crippen molar-refractivity contribution in [3.63, 3.8) is 0 Å². The molecule has 0 aromatic heterocycles. The lowest BCUT2D eigenvalue weighted by Crippen LogP contribution is -2.35. The quantitative estimate of drug-likeness (QED) is 0.606. The number of likely N-dealkylation sites (N-methyl/N-ethyl adjacent to an activating group) is 1. The van der Waals surface area contributed by atoms with Gasteiger partial charge in [-0.2, -0.15) is 0 Å². The van der Waals surface area contributed by atoms with Crippen LogP contribution < -0.4 is 11.1 Å². The third-order valence-electron chi connectivity index (χ3n) is 3.02. The van der Waals surface area contributed by atoms with Crippen LogP contribution in [0.2, 0.25) is 0 Å². The van der Waals surface area contributed by atoms with E-state index in [9.17, 15) is 9.59 Å². The maximum Gasteiger partial charge on any atom is 0.337 e. The predicted molar refractivity (Wildman–Crippen MR) is 78.6 cm³/mol. The maximum absolute atomic E-state index is 11.9. The monoisotopic (exact) mass is 279 g/mol. The van der Waals surface area contributed by atoms with Gasteiger partial charge < -0.3 is 20.7 Å². The number of hydrogen-bond acceptors (Lipinski definition) is 5. The van der Waals surface area contributed by atoms with Gasteiger partial charge in [0.15, 0.2) is 0 Å². The van der Waals surface area contributed by atoms with Crippen LogP contribution in [0, 0.1) is 0 Å². The van der Waals surface area contributed by atoms with Gasteiger partial charge in [-0.15, -0.1) is 0 Å². The molecule has 1 amide bonds. The molecule has 20 heavy (non-hydrogen) atoms. The van der Waals surface area contributed by atoms with Crippen LogP contribution in [0.3, 0.4) is 0 Å². The normalized spacial score (nSPS) is 9.95. The second-order valence-electron chi connectivity index (χ2n) is 4.21. The molecule has 6 nitrogen and oxygen atoms in total. The summed E-state index contributed by atoms with van der Waals surface area (Å²) in [4.78, 5) is 25.1. The van der Waals surface area contributed by atoms with Crippen LogP contribution in [-0.2, 0) is 9.53 Å². The van der Waals surface area contributed by atoms with Gasteiger partial charge >= 0.3 is 5.97 Å². The highest BCUT2D eigenvalue weighted by molar-refractivity contribution is 5.92. The fraction of sp³-hybridized carbons (Fsp3) is 0.429. The Hall–Kier alpha value is -2.24. The summed E-state index contributed by atoms with van der Waals surface area (Å²) in [6, 6.07) is 4.77. The number of amides is 1. The summed E-state index contributed by atoms with van der Waals surface area (Å²) in [5, 5.41) is 2.96. The average Bonchev–Trinajstić information content (AvgIpc) is 2.46. The highest BCUT2D eigenvalue weighted by atomic mass is 16.5. The topological polar surface area (TPSA) is 84.7 Å². The largest absolute Gasteiger partial charge is 0.465 e. The van der Waals surface area contributed by atoms with Crippen molar-refractivity contribution in [1.82, 2.24) is 4.90 Å². The van der Waals surface area contributed by atoms with Gasteiger partial charge in [0.2, 0.25) is 5.91 Å². The highest BCUT2D eigenvalue weighted by Crippen LogP contribution is 2.20. The third kappa shape index (κ3) is 3.88. The van der Waals surface area contributed by atoms with Crippen molar-refractivity contribution in [1.29, 1.82) is 0 Å². The van der Waals surface area contributed by atoms with Gasteiger partial charge in [-0.1, -0.05) is 0 Å². The van der Waals surface area contributed by atoms with Crippen LogP contribution in [0.1, 0.15) is 24.2 Å². The summed E-state index contributed by atoms with van der Waals surface area (Å²) in [6.07, 6.45) is 0. The minimum Gasteiger partial charge on any atom is -0.465 e. The van der Waals surface area contributed by atoms with Gasteiger partial charge in [-0.05, 0) is 32.0 Å². The molecular formula is C14H21N3O3. The number of nitrogens with one attached hydrogen (secondary N) is 1. The van der Waals surface area contributed by atoms with E-state index in [1.807, 2.05) is 13.8 Å². The number of methoxy groups -OCH3 is 1. The number of carbonyl (C=O) groups excluding carboxylic acids is 2. The molecule has 0 heterocycles. The van der Waals surface area contributed by atoms with E-state index in [4.69, 9.17) is 5.73 Å². The fourth-order valence-corrected chi connectivity index (χ4v) is 1.81. The zero-order valence-electron chi connectivity index (χ0n) is 12.1. The van der Waals surface area contributed by atoms with Crippen molar-refractivity contribution in [2.24, 2.45) is 0 Å². The molecule has 0 aliphatic heterocycles. The summed E-state index contributed by atoms with van der Waals surface area (Å²) >= 11 is 0. The first-order valence-electron chi connectivity index (χ1n) is 6.52. The Morgan fingerprint density at radius 2 is 1.95 bits per heavy atom. The molecule has 1 rings (SSSR count). The summed E-state index contributed by atoms with van der Waals surface area (Å²) in [6.45, 7) is 5.31. The fourth-order valence-electron chi connectivity index (χ4n) is 1.81. The Balaban J connectivity index is 2.77. The molecule has 0 fully saturated rings. The molecule has 0 spiro atoms. The Morgan fingerprint density at radius 1 is 1.30 bits per heavy atom. The molecule has 0 radical (unpaired) electrons. The van der Waals surface area contributed by atoms with E-state index in [0.717, 1.165) is 0 Å². The van der Waals surface area contributed by atoms with Crippen molar-refractivity contribution < 1.29 is 14.3 Å². The average molecular weight is 279 g/mol. The smallest absolute Gasteiger partial charge is 0.337 e. The molecule has 1 aromatic rings. The minimum atomic E-state index is -0.442. The van der Waals surface area contributed by atoms with Crippen molar-refractivity contribution in [2.75, 3.05) is 37.8 Å². The van der Waals surface area contributed by atoms with Crippen molar-refractivity contribution >= 4 is 23.3 Å².